The van der Waals surface area contributed by atoms with E-state index >= 15 is 0 Å². The first-order valence-corrected chi connectivity index (χ1v) is 5.55. The lowest BCUT2D eigenvalue weighted by Gasteiger charge is -2.17. The standard InChI is InChI=1S/C11H18F3N3/c1-8-6-10(17(3)16-8)7-9(15-2)4-5-11(12,13)14/h6,9,15H,4-5,7H2,1-3H3. The highest BCUT2D eigenvalue weighted by molar-refractivity contribution is 5.10. The SMILES string of the molecule is CNC(CCC(F)(F)F)Cc1cc(C)nn1C. The number of alkyl halides is 3. The van der Waals surface area contributed by atoms with E-state index in [0.29, 0.717) is 6.42 Å². The summed E-state index contributed by atoms with van der Waals surface area (Å²) >= 11 is 0. The normalized spacial score (nSPS) is 14.0. The van der Waals surface area contributed by atoms with Crippen LogP contribution in [0, 0.1) is 6.92 Å². The topological polar surface area (TPSA) is 29.9 Å². The number of halogens is 3. The lowest BCUT2D eigenvalue weighted by atomic mass is 10.1. The van der Waals surface area contributed by atoms with Crippen molar-refractivity contribution < 1.29 is 13.2 Å². The number of likely N-dealkylation sites (N-methyl/N-ethyl adjacent to an activating group) is 1. The Balaban J connectivity index is 2.55. The van der Waals surface area contributed by atoms with Crippen molar-refractivity contribution in [3.8, 4) is 0 Å². The summed E-state index contributed by atoms with van der Waals surface area (Å²) in [6, 6.07) is 1.73. The number of nitrogens with one attached hydrogen (secondary N) is 1. The third kappa shape index (κ3) is 4.77. The molecule has 3 nitrogen and oxygen atoms in total. The minimum atomic E-state index is -4.09. The van der Waals surface area contributed by atoms with Crippen LogP contribution in [0.25, 0.3) is 0 Å². The highest BCUT2D eigenvalue weighted by Gasteiger charge is 2.28. The molecule has 1 heterocycles. The molecule has 6 heteroatoms. The fourth-order valence-electron chi connectivity index (χ4n) is 1.79. The molecule has 0 bridgehead atoms. The van der Waals surface area contributed by atoms with Gasteiger partial charge in [-0.3, -0.25) is 4.68 Å². The third-order valence-electron chi connectivity index (χ3n) is 2.74. The number of hydrogen-bond donors (Lipinski definition) is 1. The van der Waals surface area contributed by atoms with Crippen LogP contribution in [-0.2, 0) is 13.5 Å². The van der Waals surface area contributed by atoms with Crippen LogP contribution in [0.4, 0.5) is 13.2 Å². The van der Waals surface area contributed by atoms with E-state index in [9.17, 15) is 13.2 Å². The summed E-state index contributed by atoms with van der Waals surface area (Å²) in [5, 5.41) is 7.09. The van der Waals surface area contributed by atoms with Crippen molar-refractivity contribution >= 4 is 0 Å². The molecule has 1 atom stereocenters. The molecule has 0 fully saturated rings. The van der Waals surface area contributed by atoms with E-state index in [0.717, 1.165) is 11.4 Å². The zero-order valence-corrected chi connectivity index (χ0v) is 10.3. The Labute approximate surface area is 99.0 Å². The Morgan fingerprint density at radius 3 is 2.53 bits per heavy atom. The molecule has 0 radical (unpaired) electrons. The minimum Gasteiger partial charge on any atom is -0.317 e. The zero-order valence-electron chi connectivity index (χ0n) is 10.3. The Morgan fingerprint density at radius 1 is 1.47 bits per heavy atom. The molecule has 0 saturated heterocycles. The summed E-state index contributed by atoms with van der Waals surface area (Å²) in [5.41, 5.74) is 1.83. The lowest BCUT2D eigenvalue weighted by molar-refractivity contribution is -0.136. The van der Waals surface area contributed by atoms with Gasteiger partial charge in [-0.15, -0.1) is 0 Å². The van der Waals surface area contributed by atoms with Crippen molar-refractivity contribution in [3.05, 3.63) is 17.5 Å². The van der Waals surface area contributed by atoms with Gasteiger partial charge in [0.2, 0.25) is 0 Å². The van der Waals surface area contributed by atoms with Crippen LogP contribution in [0.3, 0.4) is 0 Å². The quantitative estimate of drug-likeness (QED) is 0.867. The maximum absolute atomic E-state index is 12.1. The van der Waals surface area contributed by atoms with Crippen LogP contribution in [-0.4, -0.2) is 29.0 Å². The van der Waals surface area contributed by atoms with Crippen molar-refractivity contribution in [1.29, 1.82) is 0 Å². The molecule has 1 aromatic rings. The van der Waals surface area contributed by atoms with Gasteiger partial charge in [-0.1, -0.05) is 0 Å². The van der Waals surface area contributed by atoms with Crippen LogP contribution >= 0.6 is 0 Å². The van der Waals surface area contributed by atoms with Crippen LogP contribution in [0.1, 0.15) is 24.2 Å². The molecule has 0 spiro atoms. The van der Waals surface area contributed by atoms with Gasteiger partial charge in [0.15, 0.2) is 0 Å². The predicted octanol–water partition coefficient (Wildman–Crippen LogP) is 2.20. The van der Waals surface area contributed by atoms with Crippen molar-refractivity contribution in [2.45, 2.75) is 38.4 Å². The fourth-order valence-corrected chi connectivity index (χ4v) is 1.79. The van der Waals surface area contributed by atoms with Gasteiger partial charge in [0.25, 0.3) is 0 Å². The molecule has 0 aromatic carbocycles. The van der Waals surface area contributed by atoms with Gasteiger partial charge >= 0.3 is 6.18 Å². The van der Waals surface area contributed by atoms with Crippen LogP contribution < -0.4 is 5.32 Å². The Bertz CT molecular complexity index is 357. The summed E-state index contributed by atoms with van der Waals surface area (Å²) < 4.78 is 38.1. The van der Waals surface area contributed by atoms with Crippen molar-refractivity contribution in [1.82, 2.24) is 15.1 Å². The summed E-state index contributed by atoms with van der Waals surface area (Å²) in [6.45, 7) is 1.87. The second-order valence-corrected chi connectivity index (χ2v) is 4.24. The van der Waals surface area contributed by atoms with E-state index in [1.807, 2.05) is 13.0 Å². The molecule has 1 unspecified atom stereocenters. The molecule has 0 aliphatic rings. The molecule has 0 amide bonds. The smallest absolute Gasteiger partial charge is 0.317 e. The monoisotopic (exact) mass is 249 g/mol. The predicted molar refractivity (Wildman–Crippen MR) is 59.8 cm³/mol. The van der Waals surface area contributed by atoms with E-state index in [1.165, 1.54) is 0 Å². The van der Waals surface area contributed by atoms with Crippen molar-refractivity contribution in [2.75, 3.05) is 7.05 Å². The molecular weight excluding hydrogens is 231 g/mol. The van der Waals surface area contributed by atoms with Gasteiger partial charge in [-0.2, -0.15) is 18.3 Å². The summed E-state index contributed by atoms with van der Waals surface area (Å²) in [6.07, 6.45) is -4.19. The first-order chi connectivity index (χ1) is 7.81. The number of hydrogen-bond acceptors (Lipinski definition) is 2. The van der Waals surface area contributed by atoms with E-state index < -0.39 is 12.6 Å². The Hall–Kier alpha value is -1.04. The van der Waals surface area contributed by atoms with Gasteiger partial charge in [-0.25, -0.2) is 0 Å². The van der Waals surface area contributed by atoms with Crippen LogP contribution in [0.5, 0.6) is 0 Å². The molecule has 1 aromatic heterocycles. The lowest BCUT2D eigenvalue weighted by Crippen LogP contribution is -2.30. The van der Waals surface area contributed by atoms with E-state index in [2.05, 4.69) is 10.4 Å². The first-order valence-electron chi connectivity index (χ1n) is 5.55. The Morgan fingerprint density at radius 2 is 2.12 bits per heavy atom. The van der Waals surface area contributed by atoms with Gasteiger partial charge in [0.1, 0.15) is 0 Å². The third-order valence-corrected chi connectivity index (χ3v) is 2.74. The van der Waals surface area contributed by atoms with Crippen LogP contribution in [0.2, 0.25) is 0 Å². The molecule has 0 saturated carbocycles. The summed E-state index contributed by atoms with van der Waals surface area (Å²) in [5.74, 6) is 0. The molecule has 0 aliphatic carbocycles. The Kier molecular flexibility index (Phi) is 4.56. The van der Waals surface area contributed by atoms with Gasteiger partial charge < -0.3 is 5.32 Å². The number of rotatable bonds is 5. The van der Waals surface area contributed by atoms with E-state index in [1.54, 1.807) is 18.8 Å². The number of aromatic nitrogens is 2. The van der Waals surface area contributed by atoms with Gasteiger partial charge in [-0.05, 0) is 26.5 Å². The molecule has 1 rings (SSSR count). The zero-order chi connectivity index (χ0) is 13.1. The minimum absolute atomic E-state index is 0.0875. The number of nitrogens with zero attached hydrogens (tertiary/aromatic N) is 2. The van der Waals surface area contributed by atoms with Gasteiger partial charge in [0, 0.05) is 31.6 Å². The molecule has 0 aliphatic heterocycles. The molecule has 17 heavy (non-hydrogen) atoms. The highest BCUT2D eigenvalue weighted by atomic mass is 19.4. The second kappa shape index (κ2) is 5.53. The van der Waals surface area contributed by atoms with Gasteiger partial charge in [0.05, 0.1) is 5.69 Å². The van der Waals surface area contributed by atoms with Crippen LogP contribution in [0.15, 0.2) is 6.07 Å². The fraction of sp³-hybridized carbons (Fsp3) is 0.727. The second-order valence-electron chi connectivity index (χ2n) is 4.24. The molecule has 98 valence electrons. The first kappa shape index (κ1) is 14.0. The summed E-state index contributed by atoms with van der Waals surface area (Å²) in [4.78, 5) is 0. The van der Waals surface area contributed by atoms with Crippen molar-refractivity contribution in [3.63, 3.8) is 0 Å². The van der Waals surface area contributed by atoms with E-state index in [4.69, 9.17) is 0 Å². The molecule has 1 N–H and O–H groups in total. The number of aryl methyl sites for hydroxylation is 2. The largest absolute Gasteiger partial charge is 0.389 e. The van der Waals surface area contributed by atoms with Crippen molar-refractivity contribution in [2.24, 2.45) is 7.05 Å². The average Bonchev–Trinajstić information content (AvgIpc) is 2.50. The highest BCUT2D eigenvalue weighted by Crippen LogP contribution is 2.23. The summed E-state index contributed by atoms with van der Waals surface area (Å²) in [7, 11) is 3.49. The average molecular weight is 249 g/mol. The molecular formula is C11H18F3N3. The maximum atomic E-state index is 12.1. The maximum Gasteiger partial charge on any atom is 0.389 e. The van der Waals surface area contributed by atoms with E-state index in [-0.39, 0.29) is 12.5 Å².